The summed E-state index contributed by atoms with van der Waals surface area (Å²) in [5.41, 5.74) is 1.31. The molecule has 0 aromatic heterocycles. The van der Waals surface area contributed by atoms with Crippen molar-refractivity contribution >= 4 is 5.97 Å². The van der Waals surface area contributed by atoms with Crippen molar-refractivity contribution in [1.29, 1.82) is 0 Å². The second kappa shape index (κ2) is 12.5. The predicted octanol–water partition coefficient (Wildman–Crippen LogP) is 8.98. The quantitative estimate of drug-likeness (QED) is 0.480. The van der Waals surface area contributed by atoms with E-state index in [1.807, 2.05) is 20.8 Å². The predicted molar refractivity (Wildman–Crippen MR) is 131 cm³/mol. The van der Waals surface area contributed by atoms with Gasteiger partial charge in [-0.25, -0.2) is 0 Å². The lowest BCUT2D eigenvalue weighted by Crippen LogP contribution is -2.54. The van der Waals surface area contributed by atoms with Crippen molar-refractivity contribution in [2.45, 2.75) is 132 Å². The molecule has 0 aliphatic heterocycles. The average Bonchev–Trinajstić information content (AvgIpc) is 2.74. The van der Waals surface area contributed by atoms with Gasteiger partial charge in [-0.3, -0.25) is 4.79 Å². The largest absolute Gasteiger partial charge is 0.481 e. The van der Waals surface area contributed by atoms with Crippen LogP contribution >= 0.6 is 0 Å². The van der Waals surface area contributed by atoms with Crippen LogP contribution in [-0.4, -0.2) is 11.1 Å². The first-order chi connectivity index (χ1) is 14.2. The molecule has 0 amide bonds. The molecule has 30 heavy (non-hydrogen) atoms. The third kappa shape index (κ3) is 5.83. The second-order valence-corrected chi connectivity index (χ2v) is 10.8. The molecule has 0 aromatic carbocycles. The summed E-state index contributed by atoms with van der Waals surface area (Å²) in [5.74, 6) is 4.33. The van der Waals surface area contributed by atoms with E-state index in [0.717, 1.165) is 36.0 Å². The zero-order chi connectivity index (χ0) is 22.9. The normalized spacial score (nSPS) is 38.5. The van der Waals surface area contributed by atoms with Crippen molar-refractivity contribution in [1.82, 2.24) is 0 Å². The Balaban J connectivity index is 0.000000487. The van der Waals surface area contributed by atoms with Gasteiger partial charge in [-0.15, -0.1) is 0 Å². The lowest BCUT2D eigenvalue weighted by molar-refractivity contribution is -0.137. The molecule has 2 nitrogen and oxygen atoms in total. The third-order valence-corrected chi connectivity index (χ3v) is 9.66. The molecular formula is C28H54O2. The summed E-state index contributed by atoms with van der Waals surface area (Å²) < 4.78 is 0. The monoisotopic (exact) mass is 422 g/mol. The molecule has 3 rings (SSSR count). The SMILES string of the molecule is CC.CCC(C)[C@@]1(C)CCC2C(CCC3CCCC[C@@]32C)C1CC.CCCC(=O)O. The van der Waals surface area contributed by atoms with Gasteiger partial charge >= 0.3 is 5.97 Å². The first-order valence-corrected chi connectivity index (χ1v) is 13.5. The highest BCUT2D eigenvalue weighted by Crippen LogP contribution is 2.64. The summed E-state index contributed by atoms with van der Waals surface area (Å²) in [5, 5.41) is 7.91. The Hall–Kier alpha value is -0.530. The first-order valence-electron chi connectivity index (χ1n) is 13.5. The number of hydrogen-bond acceptors (Lipinski definition) is 1. The van der Waals surface area contributed by atoms with E-state index < -0.39 is 5.97 Å². The fraction of sp³-hybridized carbons (Fsp3) is 0.964. The number of fused-ring (bicyclic) bond motifs is 3. The smallest absolute Gasteiger partial charge is 0.303 e. The van der Waals surface area contributed by atoms with E-state index in [2.05, 4.69) is 34.6 Å². The van der Waals surface area contributed by atoms with Gasteiger partial charge in [-0.05, 0) is 85.4 Å². The van der Waals surface area contributed by atoms with Crippen LogP contribution in [-0.2, 0) is 4.79 Å². The van der Waals surface area contributed by atoms with Crippen molar-refractivity contribution in [3.05, 3.63) is 0 Å². The number of rotatable bonds is 5. The van der Waals surface area contributed by atoms with Gasteiger partial charge < -0.3 is 5.11 Å². The summed E-state index contributed by atoms with van der Waals surface area (Å²) in [4.78, 5) is 9.60. The molecular weight excluding hydrogens is 368 g/mol. The van der Waals surface area contributed by atoms with Gasteiger partial charge in [0.05, 0.1) is 0 Å². The van der Waals surface area contributed by atoms with Crippen LogP contribution in [0.25, 0.3) is 0 Å². The molecule has 3 fully saturated rings. The van der Waals surface area contributed by atoms with Gasteiger partial charge in [0.15, 0.2) is 0 Å². The molecule has 7 atom stereocenters. The number of carboxylic acid groups (broad SMARTS) is 1. The van der Waals surface area contributed by atoms with Gasteiger partial charge in [0.25, 0.3) is 0 Å². The van der Waals surface area contributed by atoms with E-state index in [-0.39, 0.29) is 0 Å². The van der Waals surface area contributed by atoms with Crippen LogP contribution < -0.4 is 0 Å². The van der Waals surface area contributed by atoms with E-state index >= 15 is 0 Å². The minimum absolute atomic E-state index is 0.292. The number of carboxylic acids is 1. The zero-order valence-corrected chi connectivity index (χ0v) is 21.7. The van der Waals surface area contributed by atoms with Crippen molar-refractivity contribution in [3.8, 4) is 0 Å². The van der Waals surface area contributed by atoms with Crippen molar-refractivity contribution in [2.75, 3.05) is 0 Å². The summed E-state index contributed by atoms with van der Waals surface area (Å²) in [7, 11) is 0. The van der Waals surface area contributed by atoms with E-state index in [0.29, 0.717) is 17.3 Å². The Morgan fingerprint density at radius 2 is 1.67 bits per heavy atom. The first kappa shape index (κ1) is 27.5. The highest BCUT2D eigenvalue weighted by atomic mass is 16.4. The fourth-order valence-corrected chi connectivity index (χ4v) is 7.70. The van der Waals surface area contributed by atoms with Crippen LogP contribution in [0.4, 0.5) is 0 Å². The maximum absolute atomic E-state index is 9.60. The van der Waals surface area contributed by atoms with Gasteiger partial charge in [0.2, 0.25) is 0 Å². The minimum atomic E-state index is -0.711. The van der Waals surface area contributed by atoms with E-state index in [4.69, 9.17) is 5.11 Å². The maximum atomic E-state index is 9.60. The van der Waals surface area contributed by atoms with Crippen LogP contribution in [0.5, 0.6) is 0 Å². The molecule has 3 saturated carbocycles. The van der Waals surface area contributed by atoms with E-state index in [1.165, 1.54) is 44.9 Å². The summed E-state index contributed by atoms with van der Waals surface area (Å²) in [6.07, 6.45) is 16.0. The Kier molecular flexibility index (Phi) is 11.5. The average molecular weight is 423 g/mol. The molecule has 178 valence electrons. The molecule has 3 aliphatic carbocycles. The lowest BCUT2D eigenvalue weighted by atomic mass is 9.43. The fourth-order valence-electron chi connectivity index (χ4n) is 7.70. The van der Waals surface area contributed by atoms with Crippen molar-refractivity contribution in [3.63, 3.8) is 0 Å². The Morgan fingerprint density at radius 3 is 2.17 bits per heavy atom. The van der Waals surface area contributed by atoms with Crippen molar-refractivity contribution in [2.24, 2.45) is 40.4 Å². The van der Waals surface area contributed by atoms with Gasteiger partial charge in [-0.2, -0.15) is 0 Å². The van der Waals surface area contributed by atoms with E-state index in [1.54, 1.807) is 19.3 Å². The second-order valence-electron chi connectivity index (χ2n) is 10.8. The Bertz CT molecular complexity index is 495. The zero-order valence-electron chi connectivity index (χ0n) is 21.7. The highest BCUT2D eigenvalue weighted by molar-refractivity contribution is 5.66. The lowest BCUT2D eigenvalue weighted by Gasteiger charge is -2.62. The van der Waals surface area contributed by atoms with Crippen LogP contribution in [0.2, 0.25) is 0 Å². The molecule has 0 bridgehead atoms. The third-order valence-electron chi connectivity index (χ3n) is 9.66. The number of carbonyl (C=O) groups is 1. The molecule has 0 radical (unpaired) electrons. The van der Waals surface area contributed by atoms with Crippen LogP contribution in [0, 0.1) is 40.4 Å². The summed E-state index contributed by atoms with van der Waals surface area (Å²) in [6.45, 7) is 18.6. The van der Waals surface area contributed by atoms with Gasteiger partial charge in [-0.1, -0.05) is 81.1 Å². The molecule has 3 aliphatic rings. The summed E-state index contributed by atoms with van der Waals surface area (Å²) >= 11 is 0. The molecule has 5 unspecified atom stereocenters. The Morgan fingerprint density at radius 1 is 1.00 bits per heavy atom. The number of hydrogen-bond donors (Lipinski definition) is 1. The molecule has 0 saturated heterocycles. The van der Waals surface area contributed by atoms with Gasteiger partial charge in [0, 0.05) is 6.42 Å². The molecule has 0 heterocycles. The van der Waals surface area contributed by atoms with Crippen LogP contribution in [0.15, 0.2) is 0 Å². The molecule has 1 N–H and O–H groups in total. The Labute approximate surface area is 189 Å². The minimum Gasteiger partial charge on any atom is -0.481 e. The molecule has 2 heteroatoms. The van der Waals surface area contributed by atoms with Crippen LogP contribution in [0.3, 0.4) is 0 Å². The van der Waals surface area contributed by atoms with Crippen molar-refractivity contribution < 1.29 is 9.90 Å². The summed E-state index contributed by atoms with van der Waals surface area (Å²) in [6, 6.07) is 0. The van der Waals surface area contributed by atoms with Crippen LogP contribution in [0.1, 0.15) is 132 Å². The standard InChI is InChI=1S/C22H40.C4H8O2.C2H6/c1-6-16(3)21(4)15-13-20-18(19(21)7-2)12-11-17-10-8-9-14-22(17,20)5;1-2-3-4(5)6;1-2/h16-20H,6-15H2,1-5H3;2-3H2,1H3,(H,5,6);1-2H3/t16?,17?,18?,19?,20?,21-,22+;;/m1../s1. The topological polar surface area (TPSA) is 37.3 Å². The van der Waals surface area contributed by atoms with E-state index in [9.17, 15) is 4.79 Å². The number of aliphatic carboxylic acids is 1. The van der Waals surface area contributed by atoms with Gasteiger partial charge in [0.1, 0.15) is 0 Å². The molecule has 0 spiro atoms. The molecule has 0 aromatic rings. The highest BCUT2D eigenvalue weighted by Gasteiger charge is 2.56. The maximum Gasteiger partial charge on any atom is 0.303 e.